The summed E-state index contributed by atoms with van der Waals surface area (Å²) in [6.07, 6.45) is -0.922. The third kappa shape index (κ3) is 16.4. The SMILES string of the molecule is CCCC(NC(=O)[C@@H]1C[C@@H](OCc2ccccc2)CN1C(=O)[C@H](CCCC(=O)OC(C)(C)C)NC(=O)OCC(C)C)C(=O)C(=O)NCC(=O)N[C@H](C(N)=O)c1ccccc1. The van der Waals surface area contributed by atoms with Crippen LogP contribution in [0.2, 0.25) is 0 Å². The molecule has 17 nitrogen and oxygen atoms in total. The van der Waals surface area contributed by atoms with Crippen LogP contribution >= 0.6 is 0 Å². The lowest BCUT2D eigenvalue weighted by Gasteiger charge is -2.29. The summed E-state index contributed by atoms with van der Waals surface area (Å²) in [6, 6.07) is 12.6. The van der Waals surface area contributed by atoms with Crippen LogP contribution in [-0.4, -0.2) is 102 Å². The van der Waals surface area contributed by atoms with E-state index in [4.69, 9.17) is 19.9 Å². The highest BCUT2D eigenvalue weighted by Gasteiger charge is 2.44. The molecule has 0 radical (unpaired) electrons. The van der Waals surface area contributed by atoms with Gasteiger partial charge in [-0.05, 0) is 57.1 Å². The summed E-state index contributed by atoms with van der Waals surface area (Å²) >= 11 is 0. The maximum absolute atomic E-state index is 14.4. The summed E-state index contributed by atoms with van der Waals surface area (Å²) in [5.41, 5.74) is 6.03. The number of ketones is 1. The molecular weight excluding hydrogens is 777 g/mol. The van der Waals surface area contributed by atoms with Crippen LogP contribution in [0.1, 0.15) is 97.2 Å². The number of esters is 1. The van der Waals surface area contributed by atoms with Crippen molar-refractivity contribution < 1.29 is 52.6 Å². The standard InChI is InChI=1S/C43H60N6O11/c1-7-15-31(37(52)40(55)45-23-34(50)48-36(38(44)53)29-18-12-9-13-19-29)46-39(54)33-22-30(58-26-28-16-10-8-11-17-28)24-49(33)41(56)32(47-42(57)59-25-27(2)3)20-14-21-35(51)60-43(4,5)6/h8-13,16-19,27,30-33,36H,7,14-15,20-26H2,1-6H3,(H2,44,53)(H,45,55)(H,46,54)(H,47,57)(H,48,50)/t30-,31?,32+,33+,36+/m1/s1. The molecule has 2 aromatic rings. The van der Waals surface area contributed by atoms with Gasteiger partial charge in [0.2, 0.25) is 29.4 Å². The number of primary amides is 1. The first-order valence-corrected chi connectivity index (χ1v) is 20.3. The Morgan fingerprint density at radius 2 is 1.52 bits per heavy atom. The minimum Gasteiger partial charge on any atom is -0.460 e. The van der Waals surface area contributed by atoms with Gasteiger partial charge in [0.05, 0.1) is 31.9 Å². The third-order valence-corrected chi connectivity index (χ3v) is 9.17. The molecule has 1 heterocycles. The Kier molecular flexibility index (Phi) is 19.1. The largest absolute Gasteiger partial charge is 0.460 e. The number of ether oxygens (including phenoxy) is 3. The molecule has 328 valence electrons. The lowest BCUT2D eigenvalue weighted by atomic mass is 10.0. The minimum atomic E-state index is -1.33. The lowest BCUT2D eigenvalue weighted by Crippen LogP contribution is -2.56. The number of amides is 6. The molecule has 1 aliphatic rings. The molecule has 60 heavy (non-hydrogen) atoms. The number of hydrogen-bond acceptors (Lipinski definition) is 11. The van der Waals surface area contributed by atoms with Crippen molar-refractivity contribution in [2.45, 2.75) is 123 Å². The van der Waals surface area contributed by atoms with E-state index in [1.54, 1.807) is 58.0 Å². The van der Waals surface area contributed by atoms with Crippen molar-refractivity contribution in [3.63, 3.8) is 0 Å². The summed E-state index contributed by atoms with van der Waals surface area (Å²) in [5.74, 6) is -5.66. The molecule has 0 saturated carbocycles. The Morgan fingerprint density at radius 3 is 2.12 bits per heavy atom. The van der Waals surface area contributed by atoms with Crippen molar-refractivity contribution in [1.82, 2.24) is 26.2 Å². The van der Waals surface area contributed by atoms with Gasteiger partial charge in [-0.1, -0.05) is 87.9 Å². The number of likely N-dealkylation sites (tertiary alicyclic amines) is 1. The van der Waals surface area contributed by atoms with E-state index in [1.165, 1.54) is 4.90 Å². The Bertz CT molecular complexity index is 1780. The predicted molar refractivity (Wildman–Crippen MR) is 219 cm³/mol. The number of alkyl carbamates (subject to hydrolysis) is 1. The summed E-state index contributed by atoms with van der Waals surface area (Å²) < 4.78 is 16.9. The molecule has 0 aromatic heterocycles. The molecule has 1 unspecified atom stereocenters. The van der Waals surface area contributed by atoms with Crippen molar-refractivity contribution in [1.29, 1.82) is 0 Å². The maximum atomic E-state index is 14.4. The number of nitrogens with zero attached hydrogens (tertiary/aromatic N) is 1. The van der Waals surface area contributed by atoms with Crippen LogP contribution in [0.5, 0.6) is 0 Å². The van der Waals surface area contributed by atoms with Crippen LogP contribution in [0, 0.1) is 5.92 Å². The fourth-order valence-corrected chi connectivity index (χ4v) is 6.33. The number of carbonyl (C=O) groups is 8. The number of rotatable bonds is 22. The zero-order chi connectivity index (χ0) is 44.4. The van der Waals surface area contributed by atoms with Crippen molar-refractivity contribution in [3.05, 3.63) is 71.8 Å². The van der Waals surface area contributed by atoms with E-state index < -0.39 is 89.8 Å². The fourth-order valence-electron chi connectivity index (χ4n) is 6.33. The van der Waals surface area contributed by atoms with Crippen molar-refractivity contribution in [2.75, 3.05) is 19.7 Å². The molecule has 2 aromatic carbocycles. The highest BCUT2D eigenvalue weighted by atomic mass is 16.6. The second-order valence-corrected chi connectivity index (χ2v) is 16.0. The Morgan fingerprint density at radius 1 is 0.867 bits per heavy atom. The molecule has 1 fully saturated rings. The van der Waals surface area contributed by atoms with Crippen molar-refractivity contribution in [2.24, 2.45) is 11.7 Å². The van der Waals surface area contributed by atoms with E-state index in [0.717, 1.165) is 5.56 Å². The average molecular weight is 837 g/mol. The van der Waals surface area contributed by atoms with Gasteiger partial charge in [0.15, 0.2) is 0 Å². The smallest absolute Gasteiger partial charge is 0.407 e. The Labute approximate surface area is 351 Å². The first-order chi connectivity index (χ1) is 28.4. The van der Waals surface area contributed by atoms with Crippen LogP contribution in [0.25, 0.3) is 0 Å². The number of hydrogen-bond donors (Lipinski definition) is 5. The van der Waals surface area contributed by atoms with Crippen molar-refractivity contribution in [3.8, 4) is 0 Å². The number of benzene rings is 2. The van der Waals surface area contributed by atoms with Crippen LogP contribution in [0.3, 0.4) is 0 Å². The number of nitrogens with one attached hydrogen (secondary N) is 4. The van der Waals surface area contributed by atoms with E-state index in [0.29, 0.717) is 12.0 Å². The van der Waals surface area contributed by atoms with E-state index in [2.05, 4.69) is 21.3 Å². The normalized spacial score (nSPS) is 16.5. The second kappa shape index (κ2) is 23.7. The quantitative estimate of drug-likeness (QED) is 0.0853. The van der Waals surface area contributed by atoms with Gasteiger partial charge in [-0.3, -0.25) is 33.6 Å². The van der Waals surface area contributed by atoms with Gasteiger partial charge in [-0.2, -0.15) is 0 Å². The summed E-state index contributed by atoms with van der Waals surface area (Å²) in [4.78, 5) is 106. The lowest BCUT2D eigenvalue weighted by molar-refractivity contribution is -0.155. The molecule has 0 bridgehead atoms. The molecular formula is C43H60N6O11. The zero-order valence-corrected chi connectivity index (χ0v) is 35.3. The Hall–Kier alpha value is -5.84. The van der Waals surface area contributed by atoms with Gasteiger partial charge in [0.1, 0.15) is 23.7 Å². The molecule has 0 aliphatic carbocycles. The van der Waals surface area contributed by atoms with Gasteiger partial charge >= 0.3 is 12.1 Å². The fraction of sp³-hybridized carbons (Fsp3) is 0.535. The van der Waals surface area contributed by atoms with Gasteiger partial charge in [-0.15, -0.1) is 0 Å². The van der Waals surface area contributed by atoms with Gasteiger partial charge in [0.25, 0.3) is 5.91 Å². The van der Waals surface area contributed by atoms with E-state index in [1.807, 2.05) is 44.2 Å². The summed E-state index contributed by atoms with van der Waals surface area (Å²) in [5, 5.41) is 9.92. The topological polar surface area (TPSA) is 242 Å². The molecule has 1 saturated heterocycles. The van der Waals surface area contributed by atoms with E-state index >= 15 is 0 Å². The zero-order valence-electron chi connectivity index (χ0n) is 35.3. The average Bonchev–Trinajstić information content (AvgIpc) is 3.63. The van der Waals surface area contributed by atoms with E-state index in [-0.39, 0.29) is 57.8 Å². The maximum Gasteiger partial charge on any atom is 0.407 e. The molecule has 6 amide bonds. The first kappa shape index (κ1) is 48.5. The van der Waals surface area contributed by atoms with E-state index in [9.17, 15) is 38.4 Å². The van der Waals surface area contributed by atoms with Gasteiger partial charge in [0, 0.05) is 19.4 Å². The molecule has 0 spiro atoms. The van der Waals surface area contributed by atoms with Crippen LogP contribution in [-0.2, 0) is 54.4 Å². The van der Waals surface area contributed by atoms with Crippen LogP contribution < -0.4 is 27.0 Å². The monoisotopic (exact) mass is 836 g/mol. The highest BCUT2D eigenvalue weighted by molar-refractivity contribution is 6.38. The minimum absolute atomic E-state index is 0.00542. The third-order valence-electron chi connectivity index (χ3n) is 9.17. The number of carbonyl (C=O) groups excluding carboxylic acids is 8. The van der Waals surface area contributed by atoms with Crippen LogP contribution in [0.15, 0.2) is 60.7 Å². The molecule has 17 heteroatoms. The molecule has 1 aliphatic heterocycles. The highest BCUT2D eigenvalue weighted by Crippen LogP contribution is 2.25. The van der Waals surface area contributed by atoms with Gasteiger partial charge in [-0.25, -0.2) is 4.79 Å². The molecule has 6 N–H and O–H groups in total. The Balaban J connectivity index is 1.79. The number of Topliss-reactive ketones (excluding diaryl/α,β-unsaturated/α-hetero) is 1. The molecule has 3 rings (SSSR count). The second-order valence-electron chi connectivity index (χ2n) is 16.0. The number of nitrogens with two attached hydrogens (primary N) is 1. The molecule has 5 atom stereocenters. The van der Waals surface area contributed by atoms with Crippen molar-refractivity contribution >= 4 is 47.4 Å². The first-order valence-electron chi connectivity index (χ1n) is 20.3. The van der Waals surface area contributed by atoms with Gasteiger partial charge < -0.3 is 46.1 Å². The summed E-state index contributed by atoms with van der Waals surface area (Å²) in [6.45, 7) is 10.2. The summed E-state index contributed by atoms with van der Waals surface area (Å²) in [7, 11) is 0. The predicted octanol–water partition coefficient (Wildman–Crippen LogP) is 2.75. The van der Waals surface area contributed by atoms with Crippen LogP contribution in [0.4, 0.5) is 4.79 Å².